The minimum Gasteiger partial charge on any atom is -0.455 e. The van der Waals surface area contributed by atoms with E-state index in [4.69, 9.17) is 16.3 Å². The number of carbonyl (C=O) groups is 2. The highest BCUT2D eigenvalue weighted by Gasteiger charge is 2.12. The van der Waals surface area contributed by atoms with Crippen molar-refractivity contribution in [2.24, 2.45) is 0 Å². The summed E-state index contributed by atoms with van der Waals surface area (Å²) >= 11 is 8.77. The van der Waals surface area contributed by atoms with Gasteiger partial charge in [-0.15, -0.1) is 23.1 Å². The fourth-order valence-electron chi connectivity index (χ4n) is 1.96. The monoisotopic (exact) mass is 383 g/mol. The molecular formula is C17H18ClNO3S2. The van der Waals surface area contributed by atoms with E-state index in [9.17, 15) is 9.59 Å². The highest BCUT2D eigenvalue weighted by Crippen LogP contribution is 2.25. The molecule has 2 rings (SSSR count). The first-order valence-corrected chi connectivity index (χ1v) is 9.71. The lowest BCUT2D eigenvalue weighted by Crippen LogP contribution is -2.31. The molecule has 1 atom stereocenters. The molecule has 0 aliphatic carbocycles. The smallest absolute Gasteiger partial charge is 0.316 e. The second-order valence-corrected chi connectivity index (χ2v) is 7.84. The summed E-state index contributed by atoms with van der Waals surface area (Å²) in [7, 11) is 0. The molecule has 1 aromatic heterocycles. The first kappa shape index (κ1) is 18.8. The molecule has 0 unspecified atom stereocenters. The number of nitrogens with one attached hydrogen (secondary N) is 1. The minimum absolute atomic E-state index is 0.129. The van der Waals surface area contributed by atoms with Crippen LogP contribution in [0.3, 0.4) is 0 Å². The molecule has 1 heterocycles. The van der Waals surface area contributed by atoms with Gasteiger partial charge in [-0.2, -0.15) is 0 Å². The summed E-state index contributed by atoms with van der Waals surface area (Å²) in [6.07, 6.45) is 0. The Morgan fingerprint density at radius 1 is 1.25 bits per heavy atom. The van der Waals surface area contributed by atoms with Crippen molar-refractivity contribution in [3.8, 4) is 0 Å². The van der Waals surface area contributed by atoms with Crippen molar-refractivity contribution in [2.45, 2.75) is 18.7 Å². The first-order valence-electron chi connectivity index (χ1n) is 7.36. The van der Waals surface area contributed by atoms with Gasteiger partial charge in [-0.05, 0) is 24.6 Å². The van der Waals surface area contributed by atoms with Crippen molar-refractivity contribution in [3.05, 3.63) is 57.2 Å². The lowest BCUT2D eigenvalue weighted by atomic mass is 10.1. The third kappa shape index (κ3) is 6.55. The van der Waals surface area contributed by atoms with Crippen LogP contribution in [0.5, 0.6) is 0 Å². The SMILES string of the molecule is C[C@H](NC(=O)COC(=O)CSCc1ccc(Cl)s1)c1ccccc1. The van der Waals surface area contributed by atoms with Crippen LogP contribution in [-0.4, -0.2) is 24.2 Å². The molecule has 0 saturated carbocycles. The van der Waals surface area contributed by atoms with Crippen molar-refractivity contribution < 1.29 is 14.3 Å². The van der Waals surface area contributed by atoms with E-state index in [0.717, 1.165) is 14.8 Å². The molecule has 128 valence electrons. The largest absolute Gasteiger partial charge is 0.455 e. The number of thioether (sulfide) groups is 1. The van der Waals surface area contributed by atoms with Crippen molar-refractivity contribution in [2.75, 3.05) is 12.4 Å². The third-order valence-electron chi connectivity index (χ3n) is 3.13. The minimum atomic E-state index is -0.398. The number of halogens is 1. The van der Waals surface area contributed by atoms with Crippen LogP contribution in [0.2, 0.25) is 4.34 Å². The summed E-state index contributed by atoms with van der Waals surface area (Å²) in [6, 6.07) is 13.3. The predicted octanol–water partition coefficient (Wildman–Crippen LogP) is 4.06. The van der Waals surface area contributed by atoms with Crippen molar-refractivity contribution in [1.82, 2.24) is 5.32 Å². The summed E-state index contributed by atoms with van der Waals surface area (Å²) in [5.74, 6) is 0.195. The zero-order valence-corrected chi connectivity index (χ0v) is 15.5. The maximum Gasteiger partial charge on any atom is 0.316 e. The average Bonchev–Trinajstić information content (AvgIpc) is 2.99. The Bertz CT molecular complexity index is 675. The van der Waals surface area contributed by atoms with Gasteiger partial charge in [0.15, 0.2) is 6.61 Å². The zero-order chi connectivity index (χ0) is 17.4. The van der Waals surface area contributed by atoms with E-state index in [2.05, 4.69) is 5.32 Å². The van der Waals surface area contributed by atoms with Gasteiger partial charge < -0.3 is 10.1 Å². The zero-order valence-electron chi connectivity index (χ0n) is 13.2. The van der Waals surface area contributed by atoms with Gasteiger partial charge in [0.1, 0.15) is 0 Å². The van der Waals surface area contributed by atoms with E-state index in [1.165, 1.54) is 23.1 Å². The summed E-state index contributed by atoms with van der Waals surface area (Å²) < 4.78 is 5.72. The van der Waals surface area contributed by atoms with Crippen LogP contribution < -0.4 is 5.32 Å². The van der Waals surface area contributed by atoms with Gasteiger partial charge in [0.2, 0.25) is 0 Å². The average molecular weight is 384 g/mol. The second-order valence-electron chi connectivity index (χ2n) is 5.06. The molecule has 24 heavy (non-hydrogen) atoms. The van der Waals surface area contributed by atoms with E-state index >= 15 is 0 Å². The molecule has 1 aromatic carbocycles. The van der Waals surface area contributed by atoms with Gasteiger partial charge in [0.25, 0.3) is 5.91 Å². The van der Waals surface area contributed by atoms with Crippen LogP contribution in [0.4, 0.5) is 0 Å². The highest BCUT2D eigenvalue weighted by molar-refractivity contribution is 7.99. The first-order chi connectivity index (χ1) is 11.5. The van der Waals surface area contributed by atoms with Crippen LogP contribution in [0.1, 0.15) is 23.4 Å². The van der Waals surface area contributed by atoms with E-state index in [-0.39, 0.29) is 24.3 Å². The van der Waals surface area contributed by atoms with Crippen LogP contribution in [0, 0.1) is 0 Å². The number of carbonyl (C=O) groups excluding carboxylic acids is 2. The number of hydrogen-bond donors (Lipinski definition) is 1. The van der Waals surface area contributed by atoms with Crippen LogP contribution >= 0.6 is 34.7 Å². The molecule has 4 nitrogen and oxygen atoms in total. The maximum absolute atomic E-state index is 11.8. The van der Waals surface area contributed by atoms with Crippen LogP contribution in [0.25, 0.3) is 0 Å². The lowest BCUT2D eigenvalue weighted by molar-refractivity contribution is -0.146. The van der Waals surface area contributed by atoms with Crippen molar-refractivity contribution in [1.29, 1.82) is 0 Å². The Balaban J connectivity index is 1.63. The van der Waals surface area contributed by atoms with Gasteiger partial charge in [0, 0.05) is 10.6 Å². The molecule has 7 heteroatoms. The molecule has 0 saturated heterocycles. The summed E-state index contributed by atoms with van der Waals surface area (Å²) in [5.41, 5.74) is 1.00. The molecule has 0 aliphatic rings. The van der Waals surface area contributed by atoms with Crippen molar-refractivity contribution >= 4 is 46.6 Å². The number of hydrogen-bond acceptors (Lipinski definition) is 5. The quantitative estimate of drug-likeness (QED) is 0.698. The predicted molar refractivity (Wildman–Crippen MR) is 99.4 cm³/mol. The van der Waals surface area contributed by atoms with Crippen LogP contribution in [0.15, 0.2) is 42.5 Å². The van der Waals surface area contributed by atoms with E-state index < -0.39 is 5.97 Å². The Morgan fingerprint density at radius 2 is 2.00 bits per heavy atom. The fourth-order valence-corrected chi connectivity index (χ4v) is 3.98. The number of ether oxygens (including phenoxy) is 1. The summed E-state index contributed by atoms with van der Waals surface area (Å²) in [6.45, 7) is 1.62. The third-order valence-corrected chi connectivity index (χ3v) is 5.50. The molecule has 2 aromatic rings. The molecule has 0 aliphatic heterocycles. The Hall–Kier alpha value is -1.50. The lowest BCUT2D eigenvalue weighted by Gasteiger charge is -2.14. The topological polar surface area (TPSA) is 55.4 Å². The Kier molecular flexibility index (Phi) is 7.62. The normalized spacial score (nSPS) is 11.8. The fraction of sp³-hybridized carbons (Fsp3) is 0.294. The second kappa shape index (κ2) is 9.71. The van der Waals surface area contributed by atoms with Gasteiger partial charge in [-0.1, -0.05) is 41.9 Å². The van der Waals surface area contributed by atoms with Gasteiger partial charge in [-0.3, -0.25) is 9.59 Å². The highest BCUT2D eigenvalue weighted by atomic mass is 35.5. The van der Waals surface area contributed by atoms with Gasteiger partial charge in [0.05, 0.1) is 16.1 Å². The standard InChI is InChI=1S/C17H18ClNO3S2/c1-12(13-5-3-2-4-6-13)19-16(20)9-22-17(21)11-23-10-14-7-8-15(18)24-14/h2-8,12H,9-11H2,1H3,(H,19,20)/t12-/m0/s1. The number of esters is 1. The number of rotatable bonds is 8. The Labute approximate surface area is 154 Å². The number of thiophene rings is 1. The maximum atomic E-state index is 11.8. The van der Waals surface area contributed by atoms with E-state index in [1.54, 1.807) is 0 Å². The number of benzene rings is 1. The van der Waals surface area contributed by atoms with Gasteiger partial charge in [-0.25, -0.2) is 0 Å². The van der Waals surface area contributed by atoms with Gasteiger partial charge >= 0.3 is 5.97 Å². The van der Waals surface area contributed by atoms with E-state index in [1.807, 2.05) is 49.4 Å². The molecule has 0 radical (unpaired) electrons. The molecule has 0 spiro atoms. The van der Waals surface area contributed by atoms with E-state index in [0.29, 0.717) is 5.75 Å². The summed E-state index contributed by atoms with van der Waals surface area (Å²) in [5, 5.41) is 2.80. The van der Waals surface area contributed by atoms with Crippen molar-refractivity contribution in [3.63, 3.8) is 0 Å². The molecule has 1 N–H and O–H groups in total. The molecule has 1 amide bonds. The Morgan fingerprint density at radius 3 is 2.67 bits per heavy atom. The molecule has 0 fully saturated rings. The molecule has 0 bridgehead atoms. The number of amides is 1. The van der Waals surface area contributed by atoms with Crippen LogP contribution in [-0.2, 0) is 20.1 Å². The summed E-state index contributed by atoms with van der Waals surface area (Å²) in [4.78, 5) is 24.6. The molecular weight excluding hydrogens is 366 g/mol.